The summed E-state index contributed by atoms with van der Waals surface area (Å²) in [7, 11) is 2.41. The smallest absolute Gasteiger partial charge is 0.337 e. The summed E-state index contributed by atoms with van der Waals surface area (Å²) in [6.07, 6.45) is 2.41. The highest BCUT2D eigenvalue weighted by Gasteiger charge is 2.21. The molecule has 5 heteroatoms. The van der Waals surface area contributed by atoms with Crippen LogP contribution in [0.4, 0.5) is 0 Å². The molecule has 0 N–H and O–H groups in total. The molecule has 0 aromatic rings. The van der Waals surface area contributed by atoms with Gasteiger partial charge >= 0.3 is 11.9 Å². The third-order valence-corrected chi connectivity index (χ3v) is 1.88. The summed E-state index contributed by atoms with van der Waals surface area (Å²) < 4.78 is 8.90. The molecular weight excluding hydrogens is 200 g/mol. The summed E-state index contributed by atoms with van der Waals surface area (Å²) in [6, 6.07) is 0. The van der Waals surface area contributed by atoms with Gasteiger partial charge in [-0.1, -0.05) is 0 Å². The summed E-state index contributed by atoms with van der Waals surface area (Å²) in [5, 5.41) is 0. The van der Waals surface area contributed by atoms with Crippen molar-refractivity contribution in [1.82, 2.24) is 0 Å². The van der Waals surface area contributed by atoms with Crippen molar-refractivity contribution < 1.29 is 23.9 Å². The van der Waals surface area contributed by atoms with Gasteiger partial charge in [0.1, 0.15) is 0 Å². The van der Waals surface area contributed by atoms with E-state index in [0.29, 0.717) is 0 Å². The first-order valence-corrected chi connectivity index (χ1v) is 4.20. The molecule has 0 bridgehead atoms. The molecule has 0 unspecified atom stereocenters. The van der Waals surface area contributed by atoms with E-state index in [1.807, 2.05) is 0 Å². The second-order valence-corrected chi connectivity index (χ2v) is 2.90. The SMILES string of the molecule is COC(=O)C1=CC(=O)CC(C(=O)OC)=C1. The summed E-state index contributed by atoms with van der Waals surface area (Å²) >= 11 is 0. The van der Waals surface area contributed by atoms with E-state index in [9.17, 15) is 14.4 Å². The zero-order valence-electron chi connectivity index (χ0n) is 8.40. The zero-order chi connectivity index (χ0) is 11.4. The maximum atomic E-state index is 11.2. The number of ether oxygens (including phenoxy) is 2. The van der Waals surface area contributed by atoms with E-state index in [2.05, 4.69) is 9.47 Å². The van der Waals surface area contributed by atoms with Crippen molar-refractivity contribution >= 4 is 17.7 Å². The van der Waals surface area contributed by atoms with Crippen LogP contribution in [0.5, 0.6) is 0 Å². The van der Waals surface area contributed by atoms with E-state index in [4.69, 9.17) is 0 Å². The molecule has 0 spiro atoms. The first kappa shape index (κ1) is 11.2. The fraction of sp³-hybridized carbons (Fsp3) is 0.300. The van der Waals surface area contributed by atoms with Crippen molar-refractivity contribution in [2.45, 2.75) is 6.42 Å². The third kappa shape index (κ3) is 2.52. The molecule has 0 amide bonds. The number of rotatable bonds is 2. The van der Waals surface area contributed by atoms with Crippen molar-refractivity contribution in [3.8, 4) is 0 Å². The lowest BCUT2D eigenvalue weighted by Gasteiger charge is -2.09. The molecular formula is C10H10O5. The third-order valence-electron chi connectivity index (χ3n) is 1.88. The van der Waals surface area contributed by atoms with Gasteiger partial charge in [-0.15, -0.1) is 0 Å². The van der Waals surface area contributed by atoms with Gasteiger partial charge < -0.3 is 9.47 Å². The van der Waals surface area contributed by atoms with E-state index in [1.165, 1.54) is 20.3 Å². The molecule has 0 radical (unpaired) electrons. The lowest BCUT2D eigenvalue weighted by atomic mass is 9.98. The van der Waals surface area contributed by atoms with Crippen LogP contribution in [0, 0.1) is 0 Å². The van der Waals surface area contributed by atoms with Gasteiger partial charge in [-0.2, -0.15) is 0 Å². The number of carbonyl (C=O) groups is 3. The van der Waals surface area contributed by atoms with Crippen LogP contribution in [0.2, 0.25) is 0 Å². The summed E-state index contributed by atoms with van der Waals surface area (Å²) in [5.41, 5.74) is 0.222. The fourth-order valence-corrected chi connectivity index (χ4v) is 1.19. The molecule has 1 aliphatic rings. The minimum Gasteiger partial charge on any atom is -0.466 e. The Balaban J connectivity index is 2.99. The number of ketones is 1. The Kier molecular flexibility index (Phi) is 3.38. The second kappa shape index (κ2) is 4.54. The Morgan fingerprint density at radius 3 is 2.27 bits per heavy atom. The van der Waals surface area contributed by atoms with Crippen LogP contribution in [0.15, 0.2) is 23.3 Å². The van der Waals surface area contributed by atoms with Crippen LogP contribution < -0.4 is 0 Å². The minimum atomic E-state index is -0.649. The van der Waals surface area contributed by atoms with Crippen molar-refractivity contribution in [2.24, 2.45) is 0 Å². The molecule has 1 rings (SSSR count). The van der Waals surface area contributed by atoms with Crippen LogP contribution >= 0.6 is 0 Å². The minimum absolute atomic E-state index is 0.0484. The van der Waals surface area contributed by atoms with Crippen molar-refractivity contribution in [2.75, 3.05) is 14.2 Å². The normalized spacial score (nSPS) is 15.2. The van der Waals surface area contributed by atoms with Gasteiger partial charge in [0.05, 0.1) is 19.8 Å². The number of hydrogen-bond donors (Lipinski definition) is 0. The maximum Gasteiger partial charge on any atom is 0.337 e. The van der Waals surface area contributed by atoms with Crippen LogP contribution in [0.3, 0.4) is 0 Å². The average Bonchev–Trinajstić information content (AvgIpc) is 2.26. The fourth-order valence-electron chi connectivity index (χ4n) is 1.19. The molecule has 15 heavy (non-hydrogen) atoms. The van der Waals surface area contributed by atoms with Crippen molar-refractivity contribution in [1.29, 1.82) is 0 Å². The molecule has 0 fully saturated rings. The highest BCUT2D eigenvalue weighted by molar-refractivity contribution is 6.09. The Labute approximate surface area is 86.4 Å². The lowest BCUT2D eigenvalue weighted by Crippen LogP contribution is -2.16. The van der Waals surface area contributed by atoms with E-state index in [0.717, 1.165) is 6.08 Å². The molecule has 0 heterocycles. The second-order valence-electron chi connectivity index (χ2n) is 2.90. The number of hydrogen-bond acceptors (Lipinski definition) is 5. The molecule has 1 aliphatic carbocycles. The van der Waals surface area contributed by atoms with Gasteiger partial charge in [0.15, 0.2) is 5.78 Å². The molecule has 5 nitrogen and oxygen atoms in total. The highest BCUT2D eigenvalue weighted by Crippen LogP contribution is 2.16. The number of carbonyl (C=O) groups excluding carboxylic acids is 3. The van der Waals surface area contributed by atoms with E-state index >= 15 is 0 Å². The van der Waals surface area contributed by atoms with E-state index in [1.54, 1.807) is 0 Å². The molecule has 0 aliphatic heterocycles. The summed E-state index contributed by atoms with van der Waals surface area (Å²) in [5.74, 6) is -1.58. The summed E-state index contributed by atoms with van der Waals surface area (Å²) in [4.78, 5) is 33.5. The van der Waals surface area contributed by atoms with Crippen LogP contribution in [-0.4, -0.2) is 31.9 Å². The topological polar surface area (TPSA) is 69.7 Å². The van der Waals surface area contributed by atoms with Gasteiger partial charge in [-0.25, -0.2) is 9.59 Å². The van der Waals surface area contributed by atoms with Gasteiger partial charge in [0.2, 0.25) is 0 Å². The zero-order valence-corrected chi connectivity index (χ0v) is 8.40. The first-order valence-electron chi connectivity index (χ1n) is 4.20. The lowest BCUT2D eigenvalue weighted by molar-refractivity contribution is -0.137. The first-order chi connectivity index (χ1) is 7.08. The van der Waals surface area contributed by atoms with Crippen LogP contribution in [-0.2, 0) is 23.9 Å². The van der Waals surface area contributed by atoms with E-state index < -0.39 is 11.9 Å². The Morgan fingerprint density at radius 1 is 1.13 bits per heavy atom. The number of methoxy groups -OCH3 is 2. The quantitative estimate of drug-likeness (QED) is 0.607. The average molecular weight is 210 g/mol. The van der Waals surface area contributed by atoms with Crippen molar-refractivity contribution in [3.63, 3.8) is 0 Å². The van der Waals surface area contributed by atoms with Gasteiger partial charge in [-0.05, 0) is 12.2 Å². The molecule has 0 saturated carbocycles. The van der Waals surface area contributed by atoms with Gasteiger partial charge in [0.25, 0.3) is 0 Å². The molecule has 0 aromatic heterocycles. The van der Waals surface area contributed by atoms with Gasteiger partial charge in [0, 0.05) is 12.0 Å². The highest BCUT2D eigenvalue weighted by atomic mass is 16.5. The molecule has 80 valence electrons. The number of esters is 2. The van der Waals surface area contributed by atoms with Gasteiger partial charge in [-0.3, -0.25) is 4.79 Å². The Bertz CT molecular complexity index is 375. The molecule has 0 aromatic carbocycles. The largest absolute Gasteiger partial charge is 0.466 e. The molecule has 0 atom stereocenters. The van der Waals surface area contributed by atoms with Crippen LogP contribution in [0.1, 0.15) is 6.42 Å². The van der Waals surface area contributed by atoms with Crippen molar-refractivity contribution in [3.05, 3.63) is 23.3 Å². The Hall–Kier alpha value is -1.91. The molecule has 0 saturated heterocycles. The maximum absolute atomic E-state index is 11.2. The predicted molar refractivity (Wildman–Crippen MR) is 49.8 cm³/mol. The monoisotopic (exact) mass is 210 g/mol. The van der Waals surface area contributed by atoms with Crippen LogP contribution in [0.25, 0.3) is 0 Å². The van der Waals surface area contributed by atoms with E-state index in [-0.39, 0.29) is 23.4 Å². The Morgan fingerprint density at radius 2 is 1.73 bits per heavy atom. The summed E-state index contributed by atoms with van der Waals surface area (Å²) in [6.45, 7) is 0. The number of allylic oxidation sites excluding steroid dienone is 1. The predicted octanol–water partition coefficient (Wildman–Crippen LogP) is 0.158. The standard InChI is InChI=1S/C10H10O5/c1-14-9(12)6-3-7(10(13)15-2)5-8(11)4-6/h3-4H,5H2,1-2H3.